The van der Waals surface area contributed by atoms with Gasteiger partial charge < -0.3 is 4.89 Å². The molecule has 3 heteroatoms. The van der Waals surface area contributed by atoms with Crippen molar-refractivity contribution in [2.45, 2.75) is 38.3 Å². The maximum atomic E-state index is 11.3. The maximum Gasteiger partial charge on any atom is 0.196 e. The fourth-order valence-corrected chi connectivity index (χ4v) is 2.65. The quantitative estimate of drug-likeness (QED) is 0.592. The van der Waals surface area contributed by atoms with Crippen molar-refractivity contribution < 1.29 is 9.46 Å². The molecule has 84 valence electrons. The van der Waals surface area contributed by atoms with Crippen LogP contribution in [0.3, 0.4) is 0 Å². The van der Waals surface area contributed by atoms with Crippen LogP contribution in [0.1, 0.15) is 43.8 Å². The molecule has 0 aromatic heterocycles. The average molecular weight is 226 g/mol. The van der Waals surface area contributed by atoms with Gasteiger partial charge in [-0.3, -0.25) is 4.57 Å². The minimum absolute atomic E-state index is 0.150. The lowest BCUT2D eigenvalue weighted by molar-refractivity contribution is 0.481. The summed E-state index contributed by atoms with van der Waals surface area (Å²) in [5.41, 5.74) is 0.850. The lowest BCUT2D eigenvalue weighted by Crippen LogP contribution is -1.93. The molecule has 0 radical (unpaired) electrons. The van der Waals surface area contributed by atoms with E-state index in [1.807, 2.05) is 30.3 Å². The molecule has 0 aliphatic heterocycles. The van der Waals surface area contributed by atoms with E-state index >= 15 is 0 Å². The Bertz CT molecular complexity index is 298. The van der Waals surface area contributed by atoms with Gasteiger partial charge in [0, 0.05) is 0 Å². The number of rotatable bonds is 6. The third-order valence-electron chi connectivity index (χ3n) is 2.60. The lowest BCUT2D eigenvalue weighted by Gasteiger charge is -2.13. The summed E-state index contributed by atoms with van der Waals surface area (Å²) in [5.74, 6) is 0. The van der Waals surface area contributed by atoms with Crippen molar-refractivity contribution in [2.24, 2.45) is 0 Å². The van der Waals surface area contributed by atoms with Crippen LogP contribution in [0.25, 0.3) is 0 Å². The van der Waals surface area contributed by atoms with Crippen molar-refractivity contribution in [3.05, 3.63) is 35.9 Å². The van der Waals surface area contributed by atoms with E-state index in [1.54, 1.807) is 0 Å². The molecule has 0 bridgehead atoms. The minimum atomic E-state index is -2.46. The van der Waals surface area contributed by atoms with Crippen molar-refractivity contribution in [2.75, 3.05) is 0 Å². The Balaban J connectivity index is 2.62. The van der Waals surface area contributed by atoms with Crippen molar-refractivity contribution in [1.82, 2.24) is 0 Å². The first-order chi connectivity index (χ1) is 7.25. The van der Waals surface area contributed by atoms with Gasteiger partial charge in [-0.1, -0.05) is 56.5 Å². The summed E-state index contributed by atoms with van der Waals surface area (Å²) in [6, 6.07) is 9.66. The maximum absolute atomic E-state index is 11.3. The zero-order valence-corrected chi connectivity index (χ0v) is 10.1. The van der Waals surface area contributed by atoms with Gasteiger partial charge in [0.25, 0.3) is 0 Å². The first kappa shape index (κ1) is 12.5. The van der Waals surface area contributed by atoms with Crippen LogP contribution in [0.2, 0.25) is 0 Å². The van der Waals surface area contributed by atoms with Crippen LogP contribution in [0.4, 0.5) is 0 Å². The second-order valence-electron chi connectivity index (χ2n) is 3.80. The van der Waals surface area contributed by atoms with Gasteiger partial charge in [-0.25, -0.2) is 0 Å². The van der Waals surface area contributed by atoms with Gasteiger partial charge in [-0.15, -0.1) is 0 Å². The first-order valence-electron chi connectivity index (χ1n) is 5.53. The standard InChI is InChI=1S/C12H19O2P/c1-2-3-5-10-12(15(13)14)11-8-6-4-7-9-11/h4,6-9,12,15H,2-3,5,10H2,1H3,(H,13,14). The van der Waals surface area contributed by atoms with Crippen LogP contribution in [0, 0.1) is 0 Å². The van der Waals surface area contributed by atoms with E-state index in [0.717, 1.165) is 31.2 Å². The van der Waals surface area contributed by atoms with E-state index in [-0.39, 0.29) is 5.66 Å². The molecule has 1 aromatic carbocycles. The van der Waals surface area contributed by atoms with E-state index < -0.39 is 8.03 Å². The van der Waals surface area contributed by atoms with Crippen LogP contribution >= 0.6 is 8.03 Å². The fraction of sp³-hybridized carbons (Fsp3) is 0.500. The largest absolute Gasteiger partial charge is 0.346 e. The predicted octanol–water partition coefficient (Wildman–Crippen LogP) is 3.78. The molecule has 0 aliphatic carbocycles. The van der Waals surface area contributed by atoms with Crippen molar-refractivity contribution in [1.29, 1.82) is 0 Å². The molecule has 0 heterocycles. The van der Waals surface area contributed by atoms with Crippen LogP contribution < -0.4 is 0 Å². The normalized spacial score (nSPS) is 14.8. The average Bonchev–Trinajstić information content (AvgIpc) is 2.25. The minimum Gasteiger partial charge on any atom is -0.346 e. The number of benzene rings is 1. The lowest BCUT2D eigenvalue weighted by atomic mass is 10.1. The van der Waals surface area contributed by atoms with Crippen LogP contribution in [-0.2, 0) is 4.57 Å². The first-order valence-corrected chi connectivity index (χ1v) is 6.96. The summed E-state index contributed by atoms with van der Waals surface area (Å²) in [5, 5.41) is 0. The number of hydrogen-bond donors (Lipinski definition) is 1. The van der Waals surface area contributed by atoms with Gasteiger partial charge >= 0.3 is 0 Å². The molecular weight excluding hydrogens is 207 g/mol. The van der Waals surface area contributed by atoms with Crippen molar-refractivity contribution in [3.63, 3.8) is 0 Å². The molecule has 0 spiro atoms. The van der Waals surface area contributed by atoms with Crippen LogP contribution in [0.15, 0.2) is 30.3 Å². The summed E-state index contributed by atoms with van der Waals surface area (Å²) < 4.78 is 11.3. The Hall–Kier alpha value is -0.590. The number of hydrogen-bond acceptors (Lipinski definition) is 1. The van der Waals surface area contributed by atoms with E-state index in [2.05, 4.69) is 6.92 Å². The molecule has 2 nitrogen and oxygen atoms in total. The Morgan fingerprint density at radius 1 is 1.27 bits per heavy atom. The molecule has 15 heavy (non-hydrogen) atoms. The predicted molar refractivity (Wildman–Crippen MR) is 64.5 cm³/mol. The van der Waals surface area contributed by atoms with Crippen molar-refractivity contribution in [3.8, 4) is 0 Å². The monoisotopic (exact) mass is 226 g/mol. The highest BCUT2D eigenvalue weighted by Gasteiger charge is 2.15. The van der Waals surface area contributed by atoms with E-state index in [1.165, 1.54) is 0 Å². The summed E-state index contributed by atoms with van der Waals surface area (Å²) >= 11 is 0. The second kappa shape index (κ2) is 6.81. The van der Waals surface area contributed by atoms with Gasteiger partial charge in [-0.2, -0.15) is 0 Å². The van der Waals surface area contributed by atoms with E-state index in [4.69, 9.17) is 0 Å². The molecule has 0 amide bonds. The van der Waals surface area contributed by atoms with E-state index in [0.29, 0.717) is 0 Å². The van der Waals surface area contributed by atoms with Gasteiger partial charge in [-0.05, 0) is 12.0 Å². The Morgan fingerprint density at radius 2 is 1.93 bits per heavy atom. The smallest absolute Gasteiger partial charge is 0.196 e. The second-order valence-corrected chi connectivity index (χ2v) is 5.17. The molecule has 1 N–H and O–H groups in total. The highest BCUT2D eigenvalue weighted by atomic mass is 31.1. The molecule has 0 aliphatic rings. The number of unbranched alkanes of at least 4 members (excludes halogenated alkanes) is 2. The van der Waals surface area contributed by atoms with E-state index in [9.17, 15) is 9.46 Å². The third kappa shape index (κ3) is 4.19. The zero-order valence-electron chi connectivity index (χ0n) is 9.15. The topological polar surface area (TPSA) is 37.3 Å². The van der Waals surface area contributed by atoms with Gasteiger partial charge in [0.15, 0.2) is 8.03 Å². The third-order valence-corrected chi connectivity index (χ3v) is 3.81. The van der Waals surface area contributed by atoms with Gasteiger partial charge in [0.2, 0.25) is 0 Å². The molecule has 2 unspecified atom stereocenters. The Kier molecular flexibility index (Phi) is 5.67. The highest BCUT2D eigenvalue weighted by Crippen LogP contribution is 2.41. The summed E-state index contributed by atoms with van der Waals surface area (Å²) in [7, 11) is -2.46. The Morgan fingerprint density at radius 3 is 2.47 bits per heavy atom. The zero-order chi connectivity index (χ0) is 11.1. The summed E-state index contributed by atoms with van der Waals surface area (Å²) in [6.07, 6.45) is 4.14. The molecular formula is C12H19O2P. The van der Waals surface area contributed by atoms with Gasteiger partial charge in [0.05, 0.1) is 5.66 Å². The molecule has 1 aromatic rings. The Labute approximate surface area is 92.2 Å². The summed E-state index contributed by atoms with van der Waals surface area (Å²) in [6.45, 7) is 2.14. The fourth-order valence-electron chi connectivity index (χ4n) is 1.72. The van der Waals surface area contributed by atoms with Crippen LogP contribution in [-0.4, -0.2) is 4.89 Å². The van der Waals surface area contributed by atoms with Crippen LogP contribution in [0.5, 0.6) is 0 Å². The SMILES string of the molecule is CCCCCC(c1ccccc1)[PH](=O)O. The molecule has 0 saturated heterocycles. The van der Waals surface area contributed by atoms with Crippen molar-refractivity contribution >= 4 is 8.03 Å². The molecule has 2 atom stereocenters. The highest BCUT2D eigenvalue weighted by molar-refractivity contribution is 7.38. The molecule has 0 saturated carbocycles. The van der Waals surface area contributed by atoms with Gasteiger partial charge in [0.1, 0.15) is 0 Å². The molecule has 1 rings (SSSR count). The molecule has 0 fully saturated rings. The summed E-state index contributed by atoms with van der Waals surface area (Å²) in [4.78, 5) is 9.31.